The first-order chi connectivity index (χ1) is 11.9. The van der Waals surface area contributed by atoms with Crippen molar-refractivity contribution in [2.24, 2.45) is 5.73 Å². The van der Waals surface area contributed by atoms with Crippen LogP contribution in [0, 0.1) is 12.7 Å². The van der Waals surface area contributed by atoms with Gasteiger partial charge in [0.25, 0.3) is 0 Å². The predicted molar refractivity (Wildman–Crippen MR) is 97.9 cm³/mol. The third-order valence-corrected chi connectivity index (χ3v) is 4.11. The summed E-state index contributed by atoms with van der Waals surface area (Å²) in [7, 11) is 0. The molecule has 5 nitrogen and oxygen atoms in total. The molecule has 0 spiro atoms. The Labute approximate surface area is 145 Å². The molecule has 0 atom stereocenters. The summed E-state index contributed by atoms with van der Waals surface area (Å²) in [5.74, 6) is 0.257. The zero-order chi connectivity index (χ0) is 18.1. The van der Waals surface area contributed by atoms with Crippen molar-refractivity contribution in [3.8, 4) is 11.4 Å². The lowest BCUT2D eigenvalue weighted by Crippen LogP contribution is -2.22. The molecule has 0 saturated carbocycles. The first kappa shape index (κ1) is 17.1. The third kappa shape index (κ3) is 3.25. The van der Waals surface area contributed by atoms with Crippen molar-refractivity contribution < 1.29 is 9.18 Å². The number of nitrogens with two attached hydrogens (primary N) is 1. The highest BCUT2D eigenvalue weighted by atomic mass is 19.1. The standard InChI is InChI=1S/C19H21FN4O/c1-11(2)24-17-9-14(20)5-7-16(17)23-19(24)13-4-6-15(12(3)8-13)22-18(25)10-21/h4-9,11H,10,21H2,1-3H3,(H,22,25). The molecule has 3 N–H and O–H groups in total. The van der Waals surface area contributed by atoms with E-state index >= 15 is 0 Å². The first-order valence-electron chi connectivity index (χ1n) is 8.19. The van der Waals surface area contributed by atoms with Crippen molar-refractivity contribution in [2.45, 2.75) is 26.8 Å². The van der Waals surface area contributed by atoms with E-state index < -0.39 is 0 Å². The van der Waals surface area contributed by atoms with E-state index in [0.29, 0.717) is 0 Å². The van der Waals surface area contributed by atoms with Crippen molar-refractivity contribution in [1.82, 2.24) is 9.55 Å². The van der Waals surface area contributed by atoms with E-state index in [4.69, 9.17) is 5.73 Å². The van der Waals surface area contributed by atoms with Crippen LogP contribution in [0.1, 0.15) is 25.5 Å². The fourth-order valence-electron chi connectivity index (χ4n) is 2.94. The number of nitrogens with zero attached hydrogens (tertiary/aromatic N) is 2. The van der Waals surface area contributed by atoms with E-state index in [1.165, 1.54) is 12.1 Å². The number of carbonyl (C=O) groups excluding carboxylic acids is 1. The number of aryl methyl sites for hydroxylation is 1. The number of imidazole rings is 1. The van der Waals surface area contributed by atoms with Gasteiger partial charge in [0.15, 0.2) is 0 Å². The fourth-order valence-corrected chi connectivity index (χ4v) is 2.94. The van der Waals surface area contributed by atoms with Crippen molar-refractivity contribution in [3.63, 3.8) is 0 Å². The molecule has 0 aliphatic heterocycles. The number of fused-ring (bicyclic) bond motifs is 1. The first-order valence-corrected chi connectivity index (χ1v) is 8.19. The lowest BCUT2D eigenvalue weighted by atomic mass is 10.1. The fraction of sp³-hybridized carbons (Fsp3) is 0.263. The van der Waals surface area contributed by atoms with Crippen molar-refractivity contribution in [2.75, 3.05) is 11.9 Å². The Morgan fingerprint density at radius 2 is 2.04 bits per heavy atom. The van der Waals surface area contributed by atoms with E-state index in [2.05, 4.69) is 10.3 Å². The van der Waals surface area contributed by atoms with Crippen molar-refractivity contribution in [3.05, 3.63) is 47.8 Å². The summed E-state index contributed by atoms with van der Waals surface area (Å²) in [5, 5.41) is 2.77. The molecule has 3 rings (SSSR count). The SMILES string of the molecule is Cc1cc(-c2nc3ccc(F)cc3n2C(C)C)ccc1NC(=O)CN. The van der Waals surface area contributed by atoms with Gasteiger partial charge in [-0.25, -0.2) is 9.37 Å². The normalized spacial score (nSPS) is 11.3. The van der Waals surface area contributed by atoms with Gasteiger partial charge < -0.3 is 15.6 Å². The van der Waals surface area contributed by atoms with Crippen LogP contribution >= 0.6 is 0 Å². The van der Waals surface area contributed by atoms with Crippen LogP contribution in [0.2, 0.25) is 0 Å². The van der Waals surface area contributed by atoms with Gasteiger partial charge in [0.05, 0.1) is 17.6 Å². The molecule has 2 aromatic carbocycles. The van der Waals surface area contributed by atoms with Gasteiger partial charge in [-0.3, -0.25) is 4.79 Å². The van der Waals surface area contributed by atoms with E-state index in [0.717, 1.165) is 33.7 Å². The number of anilines is 1. The molecular weight excluding hydrogens is 319 g/mol. The smallest absolute Gasteiger partial charge is 0.238 e. The van der Waals surface area contributed by atoms with Crippen LogP contribution in [0.3, 0.4) is 0 Å². The predicted octanol–water partition coefficient (Wildman–Crippen LogP) is 3.63. The molecule has 0 aliphatic rings. The highest BCUT2D eigenvalue weighted by Crippen LogP contribution is 2.30. The average Bonchev–Trinajstić information content (AvgIpc) is 2.95. The molecule has 0 saturated heterocycles. The van der Waals surface area contributed by atoms with E-state index in [-0.39, 0.29) is 24.3 Å². The minimum atomic E-state index is -0.281. The van der Waals surface area contributed by atoms with Crippen LogP contribution in [0.4, 0.5) is 10.1 Å². The molecule has 0 unspecified atom stereocenters. The molecule has 0 bridgehead atoms. The zero-order valence-electron chi connectivity index (χ0n) is 14.5. The van der Waals surface area contributed by atoms with Gasteiger partial charge in [-0.1, -0.05) is 0 Å². The summed E-state index contributed by atoms with van der Waals surface area (Å²) < 4.78 is 15.7. The van der Waals surface area contributed by atoms with E-state index in [1.54, 1.807) is 6.07 Å². The summed E-state index contributed by atoms with van der Waals surface area (Å²) in [4.78, 5) is 16.2. The molecule has 3 aromatic rings. The molecule has 130 valence electrons. The monoisotopic (exact) mass is 340 g/mol. The maximum absolute atomic E-state index is 13.7. The van der Waals surface area contributed by atoms with Crippen LogP contribution in [0.25, 0.3) is 22.4 Å². The Kier molecular flexibility index (Phi) is 4.55. The maximum Gasteiger partial charge on any atom is 0.238 e. The van der Waals surface area contributed by atoms with Crippen LogP contribution in [-0.4, -0.2) is 22.0 Å². The number of amides is 1. The van der Waals surface area contributed by atoms with Gasteiger partial charge in [-0.15, -0.1) is 0 Å². The van der Waals surface area contributed by atoms with Gasteiger partial charge in [-0.2, -0.15) is 0 Å². The van der Waals surface area contributed by atoms with Crippen molar-refractivity contribution in [1.29, 1.82) is 0 Å². The minimum absolute atomic E-state index is 0.0596. The molecule has 25 heavy (non-hydrogen) atoms. The Morgan fingerprint density at radius 3 is 2.68 bits per heavy atom. The number of rotatable bonds is 4. The summed E-state index contributed by atoms with van der Waals surface area (Å²) in [6, 6.07) is 10.4. The number of benzene rings is 2. The highest BCUT2D eigenvalue weighted by Gasteiger charge is 2.16. The quantitative estimate of drug-likeness (QED) is 0.762. The van der Waals surface area contributed by atoms with Gasteiger partial charge in [0, 0.05) is 17.3 Å². The maximum atomic E-state index is 13.7. The van der Waals surface area contributed by atoms with Crippen LogP contribution in [-0.2, 0) is 4.79 Å². The van der Waals surface area contributed by atoms with E-state index in [1.807, 2.05) is 43.5 Å². The third-order valence-electron chi connectivity index (χ3n) is 4.11. The zero-order valence-corrected chi connectivity index (χ0v) is 14.5. The molecule has 0 aliphatic carbocycles. The number of hydrogen-bond donors (Lipinski definition) is 2. The molecular formula is C19H21FN4O. The number of aromatic nitrogens is 2. The summed E-state index contributed by atoms with van der Waals surface area (Å²) >= 11 is 0. The summed E-state index contributed by atoms with van der Waals surface area (Å²) in [6.07, 6.45) is 0. The Balaban J connectivity index is 2.11. The van der Waals surface area contributed by atoms with Crippen LogP contribution in [0.5, 0.6) is 0 Å². The number of hydrogen-bond acceptors (Lipinski definition) is 3. The summed E-state index contributed by atoms with van der Waals surface area (Å²) in [6.45, 7) is 5.93. The molecule has 0 radical (unpaired) electrons. The van der Waals surface area contributed by atoms with Crippen molar-refractivity contribution >= 4 is 22.6 Å². The van der Waals surface area contributed by atoms with Crippen LogP contribution < -0.4 is 11.1 Å². The van der Waals surface area contributed by atoms with E-state index in [9.17, 15) is 9.18 Å². The second kappa shape index (κ2) is 6.64. The van der Waals surface area contributed by atoms with Crippen LogP contribution in [0.15, 0.2) is 36.4 Å². The lowest BCUT2D eigenvalue weighted by molar-refractivity contribution is -0.114. The molecule has 1 amide bonds. The average molecular weight is 340 g/mol. The number of carbonyl (C=O) groups is 1. The molecule has 6 heteroatoms. The van der Waals surface area contributed by atoms with Gasteiger partial charge in [-0.05, 0) is 62.7 Å². The number of halogens is 1. The van der Waals surface area contributed by atoms with Gasteiger partial charge in [0.1, 0.15) is 11.6 Å². The second-order valence-corrected chi connectivity index (χ2v) is 6.31. The minimum Gasteiger partial charge on any atom is -0.325 e. The molecule has 1 aromatic heterocycles. The number of nitrogens with one attached hydrogen (secondary N) is 1. The molecule has 0 fully saturated rings. The highest BCUT2D eigenvalue weighted by molar-refractivity contribution is 5.93. The Hall–Kier alpha value is -2.73. The topological polar surface area (TPSA) is 72.9 Å². The Morgan fingerprint density at radius 1 is 1.28 bits per heavy atom. The molecule has 1 heterocycles. The van der Waals surface area contributed by atoms with Gasteiger partial charge in [0.2, 0.25) is 5.91 Å². The Bertz CT molecular complexity index is 946. The second-order valence-electron chi connectivity index (χ2n) is 6.31. The lowest BCUT2D eigenvalue weighted by Gasteiger charge is -2.14. The largest absolute Gasteiger partial charge is 0.325 e. The van der Waals surface area contributed by atoms with Gasteiger partial charge >= 0.3 is 0 Å². The summed E-state index contributed by atoms with van der Waals surface area (Å²) in [5.41, 5.74) is 9.40.